The van der Waals surface area contributed by atoms with E-state index in [0.717, 1.165) is 5.75 Å². The van der Waals surface area contributed by atoms with E-state index in [1.807, 2.05) is 52.0 Å². The van der Waals surface area contributed by atoms with E-state index in [0.29, 0.717) is 28.8 Å². The minimum absolute atomic E-state index is 0.146. The van der Waals surface area contributed by atoms with Crippen LogP contribution in [0.25, 0.3) is 0 Å². The topological polar surface area (TPSA) is 59.6 Å². The van der Waals surface area contributed by atoms with Gasteiger partial charge in [0, 0.05) is 10.6 Å². The Morgan fingerprint density at radius 1 is 1.08 bits per heavy atom. The summed E-state index contributed by atoms with van der Waals surface area (Å²) in [4.78, 5) is 12.2. The molecular formula is C20H25ClN2O3. The molecule has 2 aromatic rings. The molecule has 0 bridgehead atoms. The summed E-state index contributed by atoms with van der Waals surface area (Å²) >= 11 is 6.07. The number of anilines is 1. The zero-order valence-corrected chi connectivity index (χ0v) is 16.3. The molecule has 140 valence electrons. The first-order chi connectivity index (χ1) is 12.3. The van der Waals surface area contributed by atoms with E-state index in [4.69, 9.17) is 21.1 Å². The molecule has 0 saturated carbocycles. The summed E-state index contributed by atoms with van der Waals surface area (Å²) in [6, 6.07) is 12.4. The van der Waals surface area contributed by atoms with Crippen LogP contribution in [0, 0.1) is 0 Å². The maximum absolute atomic E-state index is 12.2. The molecule has 0 aromatic heterocycles. The molecule has 0 atom stereocenters. The first-order valence-electron chi connectivity index (χ1n) is 8.52. The SMILES string of the molecule is CCOc1ccc(Oc2ccc(Cl)cc2NC(=O)CNC(C)(C)C)cc1. The molecule has 2 N–H and O–H groups in total. The third-order valence-corrected chi connectivity index (χ3v) is 3.59. The monoisotopic (exact) mass is 376 g/mol. The fraction of sp³-hybridized carbons (Fsp3) is 0.350. The van der Waals surface area contributed by atoms with Crippen LogP contribution in [-0.4, -0.2) is 24.6 Å². The van der Waals surface area contributed by atoms with Gasteiger partial charge in [0.05, 0.1) is 18.8 Å². The lowest BCUT2D eigenvalue weighted by Gasteiger charge is -2.20. The average Bonchev–Trinajstić information content (AvgIpc) is 2.57. The molecule has 0 aliphatic carbocycles. The van der Waals surface area contributed by atoms with Gasteiger partial charge in [0.1, 0.15) is 11.5 Å². The molecule has 0 aliphatic rings. The van der Waals surface area contributed by atoms with Crippen molar-refractivity contribution in [3.63, 3.8) is 0 Å². The van der Waals surface area contributed by atoms with E-state index in [2.05, 4.69) is 10.6 Å². The molecule has 6 heteroatoms. The Morgan fingerprint density at radius 3 is 2.35 bits per heavy atom. The van der Waals surface area contributed by atoms with Crippen LogP contribution in [-0.2, 0) is 4.79 Å². The fourth-order valence-corrected chi connectivity index (χ4v) is 2.30. The van der Waals surface area contributed by atoms with Gasteiger partial charge in [-0.1, -0.05) is 11.6 Å². The zero-order chi connectivity index (χ0) is 19.2. The third-order valence-electron chi connectivity index (χ3n) is 3.36. The molecule has 2 aromatic carbocycles. The predicted molar refractivity (Wildman–Crippen MR) is 106 cm³/mol. The first kappa shape index (κ1) is 20.1. The highest BCUT2D eigenvalue weighted by Crippen LogP contribution is 2.32. The van der Waals surface area contributed by atoms with Gasteiger partial charge in [-0.2, -0.15) is 0 Å². The number of carbonyl (C=O) groups excluding carboxylic acids is 1. The third kappa shape index (κ3) is 6.58. The number of benzene rings is 2. The maximum atomic E-state index is 12.2. The summed E-state index contributed by atoms with van der Waals surface area (Å²) in [6.07, 6.45) is 0. The minimum Gasteiger partial charge on any atom is -0.494 e. The summed E-state index contributed by atoms with van der Waals surface area (Å²) in [6.45, 7) is 8.73. The molecule has 0 radical (unpaired) electrons. The summed E-state index contributed by atoms with van der Waals surface area (Å²) in [5.74, 6) is 1.76. The summed E-state index contributed by atoms with van der Waals surface area (Å²) < 4.78 is 11.3. The summed E-state index contributed by atoms with van der Waals surface area (Å²) in [5, 5.41) is 6.50. The number of halogens is 1. The first-order valence-corrected chi connectivity index (χ1v) is 8.90. The molecule has 5 nitrogen and oxygen atoms in total. The van der Waals surface area contributed by atoms with Crippen molar-refractivity contribution in [1.82, 2.24) is 5.32 Å². The molecule has 0 heterocycles. The van der Waals surface area contributed by atoms with E-state index in [1.165, 1.54) is 0 Å². The Balaban J connectivity index is 2.10. The van der Waals surface area contributed by atoms with Crippen molar-refractivity contribution >= 4 is 23.2 Å². The van der Waals surface area contributed by atoms with Crippen molar-refractivity contribution in [2.45, 2.75) is 33.2 Å². The highest BCUT2D eigenvalue weighted by atomic mass is 35.5. The number of amides is 1. The van der Waals surface area contributed by atoms with Crippen molar-refractivity contribution in [2.75, 3.05) is 18.5 Å². The van der Waals surface area contributed by atoms with Gasteiger partial charge in [-0.15, -0.1) is 0 Å². The van der Waals surface area contributed by atoms with Gasteiger partial charge in [-0.05, 0) is 70.2 Å². The molecule has 0 aliphatic heterocycles. The molecular weight excluding hydrogens is 352 g/mol. The molecule has 0 unspecified atom stereocenters. The van der Waals surface area contributed by atoms with Crippen LogP contribution in [0.4, 0.5) is 5.69 Å². The number of carbonyl (C=O) groups is 1. The summed E-state index contributed by atoms with van der Waals surface area (Å²) in [7, 11) is 0. The smallest absolute Gasteiger partial charge is 0.238 e. The van der Waals surface area contributed by atoms with Crippen LogP contribution in [0.3, 0.4) is 0 Å². The van der Waals surface area contributed by atoms with Gasteiger partial charge in [-0.25, -0.2) is 0 Å². The quantitative estimate of drug-likeness (QED) is 0.724. The number of nitrogens with one attached hydrogen (secondary N) is 2. The van der Waals surface area contributed by atoms with Gasteiger partial charge in [0.2, 0.25) is 5.91 Å². The number of hydrogen-bond donors (Lipinski definition) is 2. The lowest BCUT2D eigenvalue weighted by atomic mass is 10.1. The molecule has 1 amide bonds. The molecule has 0 spiro atoms. The van der Waals surface area contributed by atoms with Crippen LogP contribution in [0.5, 0.6) is 17.2 Å². The van der Waals surface area contributed by atoms with Crippen molar-refractivity contribution in [3.8, 4) is 17.2 Å². The van der Waals surface area contributed by atoms with Crippen molar-refractivity contribution in [2.24, 2.45) is 0 Å². The van der Waals surface area contributed by atoms with Crippen LogP contribution in [0.1, 0.15) is 27.7 Å². The molecule has 2 rings (SSSR count). The van der Waals surface area contributed by atoms with Crippen LogP contribution in [0.15, 0.2) is 42.5 Å². The highest BCUT2D eigenvalue weighted by molar-refractivity contribution is 6.31. The standard InChI is InChI=1S/C20H25ClN2O3/c1-5-25-15-7-9-16(10-8-15)26-18-11-6-14(21)12-17(18)23-19(24)13-22-20(2,3)4/h6-12,22H,5,13H2,1-4H3,(H,23,24). The highest BCUT2D eigenvalue weighted by Gasteiger charge is 2.14. The second kappa shape index (κ2) is 8.92. The second-order valence-corrected chi connectivity index (χ2v) is 7.24. The van der Waals surface area contributed by atoms with E-state index in [9.17, 15) is 4.79 Å². The zero-order valence-electron chi connectivity index (χ0n) is 15.6. The van der Waals surface area contributed by atoms with E-state index in [1.54, 1.807) is 18.2 Å². The van der Waals surface area contributed by atoms with Gasteiger partial charge >= 0.3 is 0 Å². The fourth-order valence-electron chi connectivity index (χ4n) is 2.13. The molecule has 0 fully saturated rings. The van der Waals surface area contributed by atoms with Gasteiger partial charge in [0.25, 0.3) is 0 Å². The molecule has 0 saturated heterocycles. The van der Waals surface area contributed by atoms with Crippen LogP contribution in [0.2, 0.25) is 5.02 Å². The Bertz CT molecular complexity index is 740. The van der Waals surface area contributed by atoms with E-state index >= 15 is 0 Å². The normalized spacial score (nSPS) is 11.1. The van der Waals surface area contributed by atoms with Crippen molar-refractivity contribution in [3.05, 3.63) is 47.5 Å². The number of hydrogen-bond acceptors (Lipinski definition) is 4. The lowest BCUT2D eigenvalue weighted by Crippen LogP contribution is -2.41. The van der Waals surface area contributed by atoms with E-state index in [-0.39, 0.29) is 18.0 Å². The Hall–Kier alpha value is -2.24. The second-order valence-electron chi connectivity index (χ2n) is 6.80. The van der Waals surface area contributed by atoms with Crippen molar-refractivity contribution in [1.29, 1.82) is 0 Å². The van der Waals surface area contributed by atoms with Gasteiger partial charge in [-0.3, -0.25) is 4.79 Å². The van der Waals surface area contributed by atoms with E-state index < -0.39 is 0 Å². The number of ether oxygens (including phenoxy) is 2. The lowest BCUT2D eigenvalue weighted by molar-refractivity contribution is -0.115. The minimum atomic E-state index is -0.168. The van der Waals surface area contributed by atoms with Gasteiger partial charge < -0.3 is 20.1 Å². The number of rotatable bonds is 7. The Kier molecular flexibility index (Phi) is 6.89. The average molecular weight is 377 g/mol. The Morgan fingerprint density at radius 2 is 1.73 bits per heavy atom. The largest absolute Gasteiger partial charge is 0.494 e. The van der Waals surface area contributed by atoms with Crippen LogP contribution >= 0.6 is 11.6 Å². The van der Waals surface area contributed by atoms with Gasteiger partial charge in [0.15, 0.2) is 5.75 Å². The maximum Gasteiger partial charge on any atom is 0.238 e. The Labute approximate surface area is 159 Å². The summed E-state index contributed by atoms with van der Waals surface area (Å²) in [5.41, 5.74) is 0.375. The molecule has 26 heavy (non-hydrogen) atoms. The predicted octanol–water partition coefficient (Wildman–Crippen LogP) is 4.86. The van der Waals surface area contributed by atoms with Crippen LogP contribution < -0.4 is 20.1 Å². The van der Waals surface area contributed by atoms with Crippen molar-refractivity contribution < 1.29 is 14.3 Å².